The Bertz CT molecular complexity index is 892. The zero-order valence-corrected chi connectivity index (χ0v) is 15.6. The Morgan fingerprint density at radius 1 is 1.19 bits per heavy atom. The van der Waals surface area contributed by atoms with E-state index in [9.17, 15) is 14.7 Å². The first-order valence-electron chi connectivity index (χ1n) is 9.79. The fourth-order valence-corrected chi connectivity index (χ4v) is 4.99. The lowest BCUT2D eigenvalue weighted by molar-refractivity contribution is -0.110. The molecule has 142 valence electrons. The van der Waals surface area contributed by atoms with E-state index in [2.05, 4.69) is 4.98 Å². The van der Waals surface area contributed by atoms with Crippen LogP contribution in [0.25, 0.3) is 0 Å². The van der Waals surface area contributed by atoms with Gasteiger partial charge in [0.1, 0.15) is 0 Å². The molecule has 3 atom stereocenters. The van der Waals surface area contributed by atoms with Crippen LogP contribution >= 0.6 is 0 Å². The van der Waals surface area contributed by atoms with Crippen LogP contribution in [0.1, 0.15) is 53.7 Å². The summed E-state index contributed by atoms with van der Waals surface area (Å²) >= 11 is 0. The van der Waals surface area contributed by atoms with E-state index in [1.54, 1.807) is 13.0 Å². The summed E-state index contributed by atoms with van der Waals surface area (Å²) in [5, 5.41) is 11.6. The van der Waals surface area contributed by atoms with Gasteiger partial charge in [0.05, 0.1) is 5.60 Å². The van der Waals surface area contributed by atoms with E-state index < -0.39 is 5.60 Å². The van der Waals surface area contributed by atoms with Gasteiger partial charge in [0.25, 0.3) is 5.91 Å². The highest BCUT2D eigenvalue weighted by atomic mass is 16.3. The van der Waals surface area contributed by atoms with Crippen molar-refractivity contribution in [2.45, 2.75) is 50.7 Å². The van der Waals surface area contributed by atoms with E-state index in [0.29, 0.717) is 24.2 Å². The molecule has 5 nitrogen and oxygen atoms in total. The number of fused-ring (bicyclic) bond motifs is 1. The Morgan fingerprint density at radius 2 is 1.93 bits per heavy atom. The van der Waals surface area contributed by atoms with Crippen molar-refractivity contribution in [1.82, 2.24) is 9.88 Å². The molecule has 0 bridgehead atoms. The van der Waals surface area contributed by atoms with Crippen LogP contribution in [-0.2, 0) is 5.60 Å². The molecule has 2 fully saturated rings. The number of aromatic amines is 1. The van der Waals surface area contributed by atoms with Gasteiger partial charge in [0.15, 0.2) is 0 Å². The lowest BCUT2D eigenvalue weighted by atomic mass is 9.66. The standard InChI is InChI=1S/C22H26N2O3/c1-15-13-16(14-20(25)23-15)21(26)24-12-11-22(27,17-7-3-2-4-8-17)18-9-5-6-10-19(18)24/h2-4,7-8,13-14,18-19,27H,5-6,9-12H2,1H3,(H,23,25)/t18-,19+,22?/m0/s1. The van der Waals surface area contributed by atoms with Crippen molar-refractivity contribution in [2.24, 2.45) is 5.92 Å². The van der Waals surface area contributed by atoms with Gasteiger partial charge in [0, 0.05) is 35.8 Å². The molecule has 2 N–H and O–H groups in total. The fourth-order valence-electron chi connectivity index (χ4n) is 4.99. The Morgan fingerprint density at radius 3 is 2.67 bits per heavy atom. The van der Waals surface area contributed by atoms with Crippen molar-refractivity contribution in [3.05, 3.63) is 69.6 Å². The molecular formula is C22H26N2O3. The Kier molecular flexibility index (Phi) is 4.64. The van der Waals surface area contributed by atoms with Crippen molar-refractivity contribution in [3.8, 4) is 0 Å². The number of piperidine rings is 1. The average molecular weight is 366 g/mol. The molecule has 1 unspecified atom stereocenters. The molecule has 1 aromatic carbocycles. The normalized spacial score (nSPS) is 27.9. The van der Waals surface area contributed by atoms with Crippen molar-refractivity contribution in [3.63, 3.8) is 0 Å². The highest BCUT2D eigenvalue weighted by Gasteiger charge is 2.50. The summed E-state index contributed by atoms with van der Waals surface area (Å²) in [4.78, 5) is 29.6. The molecule has 1 aliphatic carbocycles. The summed E-state index contributed by atoms with van der Waals surface area (Å²) in [7, 11) is 0. The van der Waals surface area contributed by atoms with Crippen LogP contribution in [0.5, 0.6) is 0 Å². The zero-order valence-electron chi connectivity index (χ0n) is 15.6. The first kappa shape index (κ1) is 18.0. The molecule has 1 aliphatic heterocycles. The third-order valence-electron chi connectivity index (χ3n) is 6.24. The number of aliphatic hydroxyl groups is 1. The summed E-state index contributed by atoms with van der Waals surface area (Å²) in [5.41, 5.74) is 0.916. The van der Waals surface area contributed by atoms with E-state index in [1.165, 1.54) is 6.07 Å². The third kappa shape index (κ3) is 3.21. The molecule has 2 heterocycles. The quantitative estimate of drug-likeness (QED) is 0.858. The second kappa shape index (κ2) is 6.97. The van der Waals surface area contributed by atoms with Gasteiger partial charge in [-0.3, -0.25) is 9.59 Å². The molecule has 1 saturated heterocycles. The maximum Gasteiger partial charge on any atom is 0.254 e. The molecule has 1 aromatic heterocycles. The number of benzene rings is 1. The van der Waals surface area contributed by atoms with Crippen molar-refractivity contribution in [1.29, 1.82) is 0 Å². The molecule has 2 aromatic rings. The molecule has 27 heavy (non-hydrogen) atoms. The Hall–Kier alpha value is -2.40. The van der Waals surface area contributed by atoms with E-state index in [-0.39, 0.29) is 23.4 Å². The van der Waals surface area contributed by atoms with E-state index in [1.807, 2.05) is 35.2 Å². The van der Waals surface area contributed by atoms with E-state index in [4.69, 9.17) is 0 Å². The van der Waals surface area contributed by atoms with Gasteiger partial charge in [-0.2, -0.15) is 0 Å². The molecule has 2 aliphatic rings. The van der Waals surface area contributed by atoms with E-state index >= 15 is 0 Å². The Balaban J connectivity index is 1.67. The topological polar surface area (TPSA) is 73.4 Å². The molecule has 1 amide bonds. The number of nitrogens with zero attached hydrogens (tertiary/aromatic N) is 1. The highest BCUT2D eigenvalue weighted by molar-refractivity contribution is 5.94. The van der Waals surface area contributed by atoms with Crippen molar-refractivity contribution >= 4 is 5.91 Å². The van der Waals surface area contributed by atoms with Gasteiger partial charge in [-0.15, -0.1) is 0 Å². The monoisotopic (exact) mass is 366 g/mol. The van der Waals surface area contributed by atoms with Gasteiger partial charge in [-0.05, 0) is 37.8 Å². The van der Waals surface area contributed by atoms with Crippen LogP contribution in [-0.4, -0.2) is 33.5 Å². The number of likely N-dealkylation sites (tertiary alicyclic amines) is 1. The minimum Gasteiger partial charge on any atom is -0.385 e. The largest absolute Gasteiger partial charge is 0.385 e. The minimum atomic E-state index is -0.896. The first-order chi connectivity index (χ1) is 13.0. The maximum absolute atomic E-state index is 13.2. The van der Waals surface area contributed by atoms with Crippen LogP contribution in [0.4, 0.5) is 0 Å². The predicted molar refractivity (Wildman–Crippen MR) is 104 cm³/mol. The molecule has 0 radical (unpaired) electrons. The van der Waals surface area contributed by atoms with Gasteiger partial charge in [-0.1, -0.05) is 43.2 Å². The SMILES string of the molecule is Cc1cc(C(=O)N2CCC(O)(c3ccccc3)[C@H]3CCCC[C@H]32)cc(=O)[nH]1. The lowest BCUT2D eigenvalue weighted by Gasteiger charge is -2.52. The molecular weight excluding hydrogens is 340 g/mol. The predicted octanol–water partition coefficient (Wildman–Crippen LogP) is 2.98. The number of amides is 1. The van der Waals surface area contributed by atoms with Crippen molar-refractivity contribution in [2.75, 3.05) is 6.54 Å². The zero-order chi connectivity index (χ0) is 19.0. The summed E-state index contributed by atoms with van der Waals surface area (Å²) < 4.78 is 0. The molecule has 0 spiro atoms. The summed E-state index contributed by atoms with van der Waals surface area (Å²) in [6.07, 6.45) is 4.46. The number of carbonyl (C=O) groups excluding carboxylic acids is 1. The van der Waals surface area contributed by atoms with E-state index in [0.717, 1.165) is 31.2 Å². The van der Waals surface area contributed by atoms with Gasteiger partial charge >= 0.3 is 0 Å². The van der Waals surface area contributed by atoms with Crippen molar-refractivity contribution < 1.29 is 9.90 Å². The second-order valence-electron chi connectivity index (χ2n) is 7.91. The summed E-state index contributed by atoms with van der Waals surface area (Å²) in [6, 6.07) is 13.0. The molecule has 5 heteroatoms. The maximum atomic E-state index is 13.2. The number of aromatic nitrogens is 1. The van der Waals surface area contributed by atoms with Gasteiger partial charge in [-0.25, -0.2) is 0 Å². The number of hydrogen-bond donors (Lipinski definition) is 2. The third-order valence-corrected chi connectivity index (χ3v) is 6.24. The number of H-pyrrole nitrogens is 1. The molecule has 1 saturated carbocycles. The Labute approximate surface area is 159 Å². The number of pyridine rings is 1. The molecule has 4 rings (SSSR count). The number of nitrogens with one attached hydrogen (secondary N) is 1. The number of aryl methyl sites for hydroxylation is 1. The van der Waals surface area contributed by atoms with Gasteiger partial charge in [0.2, 0.25) is 5.56 Å². The van der Waals surface area contributed by atoms with Crippen LogP contribution < -0.4 is 5.56 Å². The smallest absolute Gasteiger partial charge is 0.254 e. The lowest BCUT2D eigenvalue weighted by Crippen LogP contribution is -2.59. The van der Waals surface area contributed by atoms with Crippen LogP contribution in [0.2, 0.25) is 0 Å². The number of carbonyl (C=O) groups is 1. The van der Waals surface area contributed by atoms with Crippen LogP contribution in [0.3, 0.4) is 0 Å². The van der Waals surface area contributed by atoms with Gasteiger partial charge < -0.3 is 15.0 Å². The first-order valence-corrected chi connectivity index (χ1v) is 9.79. The average Bonchev–Trinajstić information content (AvgIpc) is 2.68. The summed E-state index contributed by atoms with van der Waals surface area (Å²) in [6.45, 7) is 2.28. The number of hydrogen-bond acceptors (Lipinski definition) is 3. The van der Waals surface area contributed by atoms with Crippen LogP contribution in [0, 0.1) is 12.8 Å². The second-order valence-corrected chi connectivity index (χ2v) is 7.91. The summed E-state index contributed by atoms with van der Waals surface area (Å²) in [5.74, 6) is -0.0781. The fraction of sp³-hybridized carbons (Fsp3) is 0.455. The van der Waals surface area contributed by atoms with Crippen LogP contribution in [0.15, 0.2) is 47.3 Å². The minimum absolute atomic E-state index is 0.00444. The number of rotatable bonds is 2. The highest BCUT2D eigenvalue weighted by Crippen LogP contribution is 2.47.